The van der Waals surface area contributed by atoms with Gasteiger partial charge in [-0.25, -0.2) is 9.67 Å². The van der Waals surface area contributed by atoms with Crippen molar-refractivity contribution >= 4 is 5.82 Å². The van der Waals surface area contributed by atoms with Gasteiger partial charge in [0, 0.05) is 45.3 Å². The van der Waals surface area contributed by atoms with Crippen LogP contribution in [-0.2, 0) is 11.3 Å². The number of likely N-dealkylation sites (tertiary alicyclic amines) is 1. The Bertz CT molecular complexity index is 945. The number of hydrogen-bond donors (Lipinski definition) is 1. The largest absolute Gasteiger partial charge is 0.379 e. The molecule has 0 amide bonds. The van der Waals surface area contributed by atoms with Crippen LogP contribution in [0.15, 0.2) is 67.1 Å². The number of nitrogens with zero attached hydrogens (tertiary/aromatic N) is 4. The predicted molar refractivity (Wildman–Crippen MR) is 117 cm³/mol. The first-order valence-electron chi connectivity index (χ1n) is 10.8. The molecule has 2 aromatic heterocycles. The standard InChI is InChI=1S/C24H29N5O/c1-30-23-14-20-17-28(15-18-6-4-7-21(12-18)29-11-5-10-26-29)16-19(20)13-22(23)27-24-8-2-3-9-25-24/h2-12,19-20,22-23H,13-17H2,1H3,(H,25,27)/t19-,20+,22-,23-/m1/s1. The lowest BCUT2D eigenvalue weighted by Crippen LogP contribution is -2.44. The lowest BCUT2D eigenvalue weighted by atomic mass is 9.77. The van der Waals surface area contributed by atoms with Gasteiger partial charge >= 0.3 is 0 Å². The van der Waals surface area contributed by atoms with Gasteiger partial charge < -0.3 is 10.1 Å². The van der Waals surface area contributed by atoms with Crippen molar-refractivity contribution < 1.29 is 4.74 Å². The number of ether oxygens (including phenoxy) is 1. The molecule has 2 aliphatic rings. The highest BCUT2D eigenvalue weighted by atomic mass is 16.5. The molecular formula is C24H29N5O. The maximum atomic E-state index is 5.88. The summed E-state index contributed by atoms with van der Waals surface area (Å²) in [4.78, 5) is 7.05. The minimum atomic E-state index is 0.233. The van der Waals surface area contributed by atoms with Crippen molar-refractivity contribution in [2.45, 2.75) is 31.5 Å². The topological polar surface area (TPSA) is 55.2 Å². The average Bonchev–Trinajstić information content (AvgIpc) is 3.44. The monoisotopic (exact) mass is 403 g/mol. The molecule has 0 unspecified atom stereocenters. The molecule has 3 heterocycles. The molecule has 1 saturated heterocycles. The summed E-state index contributed by atoms with van der Waals surface area (Å²) in [5.41, 5.74) is 2.46. The van der Waals surface area contributed by atoms with Crippen LogP contribution in [0, 0.1) is 11.8 Å². The van der Waals surface area contributed by atoms with E-state index in [-0.39, 0.29) is 6.10 Å². The van der Waals surface area contributed by atoms with Gasteiger partial charge in [0.2, 0.25) is 0 Å². The molecule has 1 aliphatic carbocycles. The van der Waals surface area contributed by atoms with Crippen molar-refractivity contribution in [3.05, 3.63) is 72.7 Å². The first-order chi connectivity index (χ1) is 14.8. The third kappa shape index (κ3) is 4.11. The van der Waals surface area contributed by atoms with E-state index in [1.54, 1.807) is 0 Å². The minimum Gasteiger partial charge on any atom is -0.379 e. The summed E-state index contributed by atoms with van der Waals surface area (Å²) in [5, 5.41) is 7.97. The van der Waals surface area contributed by atoms with E-state index in [0.717, 1.165) is 44.0 Å². The van der Waals surface area contributed by atoms with Crippen molar-refractivity contribution in [2.24, 2.45) is 11.8 Å². The van der Waals surface area contributed by atoms with Crippen LogP contribution in [0.4, 0.5) is 5.82 Å². The molecule has 0 spiro atoms. The van der Waals surface area contributed by atoms with Crippen molar-refractivity contribution in [1.82, 2.24) is 19.7 Å². The van der Waals surface area contributed by atoms with Gasteiger partial charge in [-0.2, -0.15) is 5.10 Å². The van der Waals surface area contributed by atoms with E-state index < -0.39 is 0 Å². The third-order valence-electron chi connectivity index (χ3n) is 6.58. The summed E-state index contributed by atoms with van der Waals surface area (Å²) in [6.45, 7) is 3.28. The Balaban J connectivity index is 1.24. The fourth-order valence-electron chi connectivity index (χ4n) is 5.17. The van der Waals surface area contributed by atoms with Crippen LogP contribution in [-0.4, -0.2) is 52.0 Å². The summed E-state index contributed by atoms with van der Waals surface area (Å²) < 4.78 is 7.80. The van der Waals surface area contributed by atoms with E-state index in [9.17, 15) is 0 Å². The number of pyridine rings is 1. The molecule has 1 aromatic carbocycles. The van der Waals surface area contributed by atoms with Gasteiger partial charge in [0.05, 0.1) is 17.8 Å². The Morgan fingerprint density at radius 2 is 1.93 bits per heavy atom. The number of rotatable bonds is 6. The molecule has 30 heavy (non-hydrogen) atoms. The Hall–Kier alpha value is -2.70. The SMILES string of the molecule is CO[C@@H]1C[C@H]2CN(Cc3cccc(-n4cccn4)c3)C[C@H]2C[C@H]1Nc1ccccn1. The fourth-order valence-corrected chi connectivity index (χ4v) is 5.17. The van der Waals surface area contributed by atoms with Gasteiger partial charge in [0.25, 0.3) is 0 Å². The number of benzene rings is 1. The Morgan fingerprint density at radius 1 is 1.03 bits per heavy atom. The first kappa shape index (κ1) is 19.3. The first-order valence-corrected chi connectivity index (χ1v) is 10.8. The summed E-state index contributed by atoms with van der Waals surface area (Å²) in [7, 11) is 1.84. The average molecular weight is 404 g/mol. The molecule has 4 atom stereocenters. The van der Waals surface area contributed by atoms with E-state index in [2.05, 4.69) is 44.6 Å². The zero-order valence-corrected chi connectivity index (χ0v) is 17.4. The second-order valence-corrected chi connectivity index (χ2v) is 8.55. The van der Waals surface area contributed by atoms with Gasteiger partial charge in [-0.1, -0.05) is 18.2 Å². The molecule has 1 aliphatic heterocycles. The molecule has 3 aromatic rings. The molecular weight excluding hydrogens is 374 g/mol. The highest BCUT2D eigenvalue weighted by molar-refractivity contribution is 5.36. The van der Waals surface area contributed by atoms with Crippen molar-refractivity contribution in [3.8, 4) is 5.69 Å². The normalized spacial score (nSPS) is 26.4. The van der Waals surface area contributed by atoms with Gasteiger partial charge in [-0.15, -0.1) is 0 Å². The Kier molecular flexibility index (Phi) is 5.51. The zero-order valence-electron chi connectivity index (χ0n) is 17.4. The molecule has 1 saturated carbocycles. The molecule has 5 rings (SSSR count). The van der Waals surface area contributed by atoms with E-state index in [4.69, 9.17) is 4.74 Å². The minimum absolute atomic E-state index is 0.233. The second kappa shape index (κ2) is 8.58. The van der Waals surface area contributed by atoms with E-state index in [0.29, 0.717) is 17.9 Å². The van der Waals surface area contributed by atoms with Crippen LogP contribution in [0.25, 0.3) is 5.69 Å². The number of aromatic nitrogens is 3. The number of fused-ring (bicyclic) bond motifs is 1. The molecule has 0 radical (unpaired) electrons. The summed E-state index contributed by atoms with van der Waals surface area (Å²) in [6.07, 6.45) is 8.11. The lowest BCUT2D eigenvalue weighted by molar-refractivity contribution is 0.0304. The number of nitrogens with one attached hydrogen (secondary N) is 1. The fraction of sp³-hybridized carbons (Fsp3) is 0.417. The Labute approximate surface area is 177 Å². The predicted octanol–water partition coefficient (Wildman–Crippen LogP) is 3.60. The summed E-state index contributed by atoms with van der Waals surface area (Å²) in [5.74, 6) is 2.34. The number of hydrogen-bond acceptors (Lipinski definition) is 5. The number of anilines is 1. The zero-order chi connectivity index (χ0) is 20.3. The highest BCUT2D eigenvalue weighted by Crippen LogP contribution is 2.38. The van der Waals surface area contributed by atoms with Crippen LogP contribution in [0.5, 0.6) is 0 Å². The quantitative estimate of drug-likeness (QED) is 0.682. The maximum Gasteiger partial charge on any atom is 0.126 e. The molecule has 0 bridgehead atoms. The smallest absolute Gasteiger partial charge is 0.126 e. The summed E-state index contributed by atoms with van der Waals surface area (Å²) >= 11 is 0. The van der Waals surface area contributed by atoms with Crippen molar-refractivity contribution in [3.63, 3.8) is 0 Å². The van der Waals surface area contributed by atoms with Crippen LogP contribution in [0.2, 0.25) is 0 Å². The molecule has 1 N–H and O–H groups in total. The number of methoxy groups -OCH3 is 1. The van der Waals surface area contributed by atoms with Crippen molar-refractivity contribution in [1.29, 1.82) is 0 Å². The van der Waals surface area contributed by atoms with Crippen LogP contribution in [0.1, 0.15) is 18.4 Å². The summed E-state index contributed by atoms with van der Waals surface area (Å²) in [6, 6.07) is 17.0. The van der Waals surface area contributed by atoms with Gasteiger partial charge in [0.1, 0.15) is 5.82 Å². The van der Waals surface area contributed by atoms with Crippen LogP contribution in [0.3, 0.4) is 0 Å². The van der Waals surface area contributed by atoms with E-state index >= 15 is 0 Å². The highest BCUT2D eigenvalue weighted by Gasteiger charge is 2.42. The second-order valence-electron chi connectivity index (χ2n) is 8.55. The van der Waals surface area contributed by atoms with Crippen LogP contribution < -0.4 is 5.32 Å². The van der Waals surface area contributed by atoms with Gasteiger partial charge in [0.15, 0.2) is 0 Å². The van der Waals surface area contributed by atoms with Crippen molar-refractivity contribution in [2.75, 3.05) is 25.5 Å². The maximum absolute atomic E-state index is 5.88. The van der Waals surface area contributed by atoms with E-state index in [1.807, 2.05) is 54.6 Å². The molecule has 6 nitrogen and oxygen atoms in total. The lowest BCUT2D eigenvalue weighted by Gasteiger charge is -2.37. The Morgan fingerprint density at radius 3 is 2.70 bits per heavy atom. The molecule has 156 valence electrons. The third-order valence-corrected chi connectivity index (χ3v) is 6.58. The van der Waals surface area contributed by atoms with Gasteiger partial charge in [-0.3, -0.25) is 4.90 Å². The van der Waals surface area contributed by atoms with E-state index in [1.165, 1.54) is 5.56 Å². The van der Waals surface area contributed by atoms with Gasteiger partial charge in [-0.05, 0) is 60.6 Å². The molecule has 2 fully saturated rings. The molecule has 6 heteroatoms. The van der Waals surface area contributed by atoms with Crippen LogP contribution >= 0.6 is 0 Å².